The molecule has 9 nitrogen and oxygen atoms in total. The predicted octanol–water partition coefficient (Wildman–Crippen LogP) is 4.78. The summed E-state index contributed by atoms with van der Waals surface area (Å²) < 4.78 is 12.7. The lowest BCUT2D eigenvalue weighted by Gasteiger charge is -2.36. The fourth-order valence-corrected chi connectivity index (χ4v) is 5.29. The molecule has 6 N–H and O–H groups in total. The number of amides is 2. The second kappa shape index (κ2) is 15.6. The molecule has 0 saturated carbocycles. The predicted molar refractivity (Wildman–Crippen MR) is 161 cm³/mol. The number of hydrogen-bond acceptors (Lipinski definition) is 8. The van der Waals surface area contributed by atoms with Gasteiger partial charge in [-0.15, -0.1) is 0 Å². The van der Waals surface area contributed by atoms with E-state index >= 15 is 0 Å². The number of para-hydroxylation sites is 2. The van der Waals surface area contributed by atoms with Gasteiger partial charge < -0.3 is 36.1 Å². The molecule has 0 aliphatic carbocycles. The number of thioether (sulfide) groups is 1. The number of nitrogens with two attached hydrogens (primary N) is 1. The molecule has 1 saturated heterocycles. The highest BCUT2D eigenvalue weighted by Crippen LogP contribution is 2.39. The first-order valence-corrected chi connectivity index (χ1v) is 14.8. The number of aliphatic hydroxyl groups excluding tert-OH is 2. The minimum Gasteiger partial charge on any atom is -0.397 e. The first-order chi connectivity index (χ1) is 19.9. The van der Waals surface area contributed by atoms with Gasteiger partial charge in [-0.1, -0.05) is 48.5 Å². The monoisotopic (exact) mass is 579 g/mol. The summed E-state index contributed by atoms with van der Waals surface area (Å²) in [5.41, 5.74) is 10.1. The smallest absolute Gasteiger partial charge is 0.224 e. The molecule has 0 radical (unpaired) electrons. The summed E-state index contributed by atoms with van der Waals surface area (Å²) in [5, 5.41) is 24.3. The largest absolute Gasteiger partial charge is 0.397 e. The van der Waals surface area contributed by atoms with Gasteiger partial charge in [0, 0.05) is 42.0 Å². The number of carbonyl (C=O) groups is 2. The second-order valence-corrected chi connectivity index (χ2v) is 11.0. The summed E-state index contributed by atoms with van der Waals surface area (Å²) in [5.74, 6) is 0.952. The van der Waals surface area contributed by atoms with Crippen molar-refractivity contribution in [2.24, 2.45) is 0 Å². The molecule has 218 valence electrons. The summed E-state index contributed by atoms with van der Waals surface area (Å²) in [6, 6.07) is 22.1. The molecular weight excluding hydrogens is 542 g/mol. The molecule has 0 bridgehead atoms. The van der Waals surface area contributed by atoms with Gasteiger partial charge in [0.05, 0.1) is 36.8 Å². The van der Waals surface area contributed by atoms with Crippen LogP contribution in [0, 0.1) is 0 Å². The highest BCUT2D eigenvalue weighted by atomic mass is 32.2. The SMILES string of the molecule is Nc1ccccc1NC(=O)CCCC(=O)Nc1cccc([C@H]2O[C@@H](CSCCO)C[C@@H](c3ccc(CO)cc3)O2)c1. The lowest BCUT2D eigenvalue weighted by Crippen LogP contribution is -2.31. The van der Waals surface area contributed by atoms with E-state index in [2.05, 4.69) is 10.6 Å². The Morgan fingerprint density at radius 1 is 0.902 bits per heavy atom. The van der Waals surface area contributed by atoms with Gasteiger partial charge in [-0.3, -0.25) is 9.59 Å². The molecule has 0 aromatic heterocycles. The normalized spacial score (nSPS) is 18.5. The number of benzene rings is 3. The molecule has 0 unspecified atom stereocenters. The van der Waals surface area contributed by atoms with Crippen LogP contribution in [0.3, 0.4) is 0 Å². The van der Waals surface area contributed by atoms with Crippen molar-refractivity contribution in [3.8, 4) is 0 Å². The molecule has 4 rings (SSSR count). The first kappa shape index (κ1) is 30.5. The standard InChI is InChI=1S/C31H37N3O6S/c32-26-7-1-2-8-27(26)34-30(38)10-4-9-29(37)33-24-6-3-5-23(17-24)31-39-25(20-41-16-15-35)18-28(40-31)22-13-11-21(19-36)12-14-22/h1-3,5-8,11-14,17,25,28,31,35-36H,4,9-10,15-16,18-20,32H2,(H,33,37)(H,34,38)/t25-,28+,31+/m1/s1. The molecule has 1 heterocycles. The molecular formula is C31H37N3O6S. The van der Waals surface area contributed by atoms with Crippen LogP contribution in [0.1, 0.15) is 54.8 Å². The molecule has 10 heteroatoms. The van der Waals surface area contributed by atoms with Crippen LogP contribution in [-0.4, -0.2) is 46.2 Å². The Kier molecular flexibility index (Phi) is 11.6. The molecule has 1 aliphatic heterocycles. The van der Waals surface area contributed by atoms with Gasteiger partial charge in [0.2, 0.25) is 11.8 Å². The Labute approximate surface area is 244 Å². The van der Waals surface area contributed by atoms with Gasteiger partial charge in [0.15, 0.2) is 6.29 Å². The number of hydrogen-bond donors (Lipinski definition) is 5. The van der Waals surface area contributed by atoms with Crippen molar-refractivity contribution in [2.75, 3.05) is 34.5 Å². The molecule has 3 aromatic rings. The van der Waals surface area contributed by atoms with E-state index in [1.807, 2.05) is 42.5 Å². The van der Waals surface area contributed by atoms with Crippen molar-refractivity contribution in [1.29, 1.82) is 0 Å². The summed E-state index contributed by atoms with van der Waals surface area (Å²) in [7, 11) is 0. The Bertz CT molecular complexity index is 1290. The van der Waals surface area contributed by atoms with E-state index in [1.165, 1.54) is 0 Å². The van der Waals surface area contributed by atoms with Crippen molar-refractivity contribution in [2.45, 2.75) is 50.8 Å². The number of nitrogens with one attached hydrogen (secondary N) is 2. The highest BCUT2D eigenvalue weighted by Gasteiger charge is 2.32. The van der Waals surface area contributed by atoms with Crippen LogP contribution in [-0.2, 0) is 25.7 Å². The average Bonchev–Trinajstić information content (AvgIpc) is 2.98. The highest BCUT2D eigenvalue weighted by molar-refractivity contribution is 7.99. The summed E-state index contributed by atoms with van der Waals surface area (Å²) in [6.07, 6.45) is 0.491. The molecule has 1 aliphatic rings. The molecule has 0 spiro atoms. The van der Waals surface area contributed by atoms with Gasteiger partial charge in [0.1, 0.15) is 0 Å². The third kappa shape index (κ3) is 9.31. The van der Waals surface area contributed by atoms with Crippen molar-refractivity contribution in [3.05, 3.63) is 89.5 Å². The van der Waals surface area contributed by atoms with Gasteiger partial charge in [0.25, 0.3) is 0 Å². The van der Waals surface area contributed by atoms with Crippen LogP contribution in [0.5, 0.6) is 0 Å². The summed E-state index contributed by atoms with van der Waals surface area (Å²) in [6.45, 7) is 0.0872. The van der Waals surface area contributed by atoms with E-state index in [-0.39, 0.29) is 50.1 Å². The lowest BCUT2D eigenvalue weighted by atomic mass is 10.0. The Hall–Kier alpha value is -3.41. The Morgan fingerprint density at radius 3 is 2.39 bits per heavy atom. The van der Waals surface area contributed by atoms with E-state index in [9.17, 15) is 19.8 Å². The fraction of sp³-hybridized carbons (Fsp3) is 0.355. The molecule has 41 heavy (non-hydrogen) atoms. The molecule has 3 atom stereocenters. The zero-order chi connectivity index (χ0) is 29.0. The summed E-state index contributed by atoms with van der Waals surface area (Å²) >= 11 is 1.63. The van der Waals surface area contributed by atoms with Gasteiger partial charge in [-0.2, -0.15) is 11.8 Å². The van der Waals surface area contributed by atoms with E-state index in [4.69, 9.17) is 15.2 Å². The maximum atomic E-state index is 12.6. The zero-order valence-corrected chi connectivity index (χ0v) is 23.6. The Morgan fingerprint density at radius 2 is 1.66 bits per heavy atom. The van der Waals surface area contributed by atoms with Gasteiger partial charge in [-0.05, 0) is 41.8 Å². The van der Waals surface area contributed by atoms with Crippen molar-refractivity contribution in [1.82, 2.24) is 0 Å². The molecule has 1 fully saturated rings. The number of ether oxygens (including phenoxy) is 2. The van der Waals surface area contributed by atoms with Crippen LogP contribution >= 0.6 is 11.8 Å². The van der Waals surface area contributed by atoms with Gasteiger partial charge >= 0.3 is 0 Å². The fourth-order valence-electron chi connectivity index (χ4n) is 4.52. The molecule has 3 aromatic carbocycles. The van der Waals surface area contributed by atoms with Crippen LogP contribution in [0.15, 0.2) is 72.8 Å². The Balaban J connectivity index is 1.34. The second-order valence-electron chi connectivity index (χ2n) is 9.81. The number of rotatable bonds is 13. The van der Waals surface area contributed by atoms with Crippen LogP contribution in [0.2, 0.25) is 0 Å². The summed E-state index contributed by atoms with van der Waals surface area (Å²) in [4.78, 5) is 24.9. The van der Waals surface area contributed by atoms with Crippen molar-refractivity contribution < 1.29 is 29.3 Å². The average molecular weight is 580 g/mol. The van der Waals surface area contributed by atoms with Crippen molar-refractivity contribution in [3.63, 3.8) is 0 Å². The lowest BCUT2D eigenvalue weighted by molar-refractivity contribution is -0.245. The van der Waals surface area contributed by atoms with Crippen LogP contribution in [0.4, 0.5) is 17.1 Å². The number of nitrogen functional groups attached to an aromatic ring is 1. The van der Waals surface area contributed by atoms with Gasteiger partial charge in [-0.25, -0.2) is 0 Å². The quantitative estimate of drug-likeness (QED) is 0.144. The minimum atomic E-state index is -0.642. The van der Waals surface area contributed by atoms with Crippen LogP contribution < -0.4 is 16.4 Å². The van der Waals surface area contributed by atoms with Crippen molar-refractivity contribution >= 4 is 40.6 Å². The first-order valence-electron chi connectivity index (χ1n) is 13.7. The van der Waals surface area contributed by atoms with Crippen LogP contribution in [0.25, 0.3) is 0 Å². The van der Waals surface area contributed by atoms with E-state index in [0.29, 0.717) is 41.4 Å². The zero-order valence-electron chi connectivity index (χ0n) is 22.8. The number of aliphatic hydroxyl groups is 2. The maximum absolute atomic E-state index is 12.6. The third-order valence-corrected chi connectivity index (χ3v) is 7.72. The van der Waals surface area contributed by atoms with E-state index in [1.54, 1.807) is 42.1 Å². The topological polar surface area (TPSA) is 143 Å². The van der Waals surface area contributed by atoms with E-state index < -0.39 is 6.29 Å². The molecule has 2 amide bonds. The number of anilines is 3. The maximum Gasteiger partial charge on any atom is 0.224 e. The third-order valence-electron chi connectivity index (χ3n) is 6.64. The number of carbonyl (C=O) groups excluding carboxylic acids is 2. The minimum absolute atomic E-state index is 0.0213. The van der Waals surface area contributed by atoms with E-state index in [0.717, 1.165) is 16.7 Å².